The van der Waals surface area contributed by atoms with Gasteiger partial charge in [-0.15, -0.1) is 0 Å². The Morgan fingerprint density at radius 1 is 1.47 bits per heavy atom. The molecule has 0 N–H and O–H groups in total. The molecule has 2 rings (SSSR count). The summed E-state index contributed by atoms with van der Waals surface area (Å²) in [5, 5.41) is 0. The molecule has 3 nitrogen and oxygen atoms in total. The monoisotopic (exact) mass is 208 g/mol. The summed E-state index contributed by atoms with van der Waals surface area (Å²) in [5.41, 5.74) is 1.14. The first-order chi connectivity index (χ1) is 7.38. The second-order valence-corrected chi connectivity index (χ2v) is 3.55. The van der Waals surface area contributed by atoms with Gasteiger partial charge in [0.15, 0.2) is 0 Å². The van der Waals surface area contributed by atoms with E-state index in [-0.39, 0.29) is 0 Å². The first-order valence-corrected chi connectivity index (χ1v) is 5.29. The van der Waals surface area contributed by atoms with E-state index in [2.05, 4.69) is 0 Å². The highest BCUT2D eigenvalue weighted by Crippen LogP contribution is 2.15. The van der Waals surface area contributed by atoms with Gasteiger partial charge in [-0.05, 0) is 24.6 Å². The molecule has 1 fully saturated rings. The highest BCUT2D eigenvalue weighted by molar-refractivity contribution is 5.28. The van der Waals surface area contributed by atoms with Gasteiger partial charge < -0.3 is 14.2 Å². The fourth-order valence-electron chi connectivity index (χ4n) is 1.36. The van der Waals surface area contributed by atoms with E-state index >= 15 is 0 Å². The average Bonchev–Trinajstić information content (AvgIpc) is 3.03. The highest BCUT2D eigenvalue weighted by Gasteiger charge is 2.22. The summed E-state index contributed by atoms with van der Waals surface area (Å²) in [6, 6.07) is 7.99. The van der Waals surface area contributed by atoms with Crippen molar-refractivity contribution in [2.24, 2.45) is 0 Å². The topological polar surface area (TPSA) is 31.0 Å². The van der Waals surface area contributed by atoms with E-state index in [9.17, 15) is 0 Å². The van der Waals surface area contributed by atoms with E-state index in [1.165, 1.54) is 0 Å². The Hall–Kier alpha value is -1.06. The van der Waals surface area contributed by atoms with Gasteiger partial charge in [0, 0.05) is 0 Å². The van der Waals surface area contributed by atoms with Crippen molar-refractivity contribution in [3.63, 3.8) is 0 Å². The predicted octanol–water partition coefficient (Wildman–Crippen LogP) is 2.00. The van der Waals surface area contributed by atoms with Crippen LogP contribution in [0.5, 0.6) is 5.75 Å². The molecule has 0 amide bonds. The minimum absolute atomic E-state index is 0.333. The van der Waals surface area contributed by atoms with E-state index < -0.39 is 0 Å². The van der Waals surface area contributed by atoms with Gasteiger partial charge in [-0.1, -0.05) is 12.1 Å². The van der Waals surface area contributed by atoms with Crippen LogP contribution in [-0.4, -0.2) is 25.9 Å². The molecular weight excluding hydrogens is 192 g/mol. The molecule has 1 aromatic carbocycles. The maximum Gasteiger partial charge on any atom is 0.119 e. The van der Waals surface area contributed by atoms with Gasteiger partial charge in [-0.3, -0.25) is 0 Å². The smallest absolute Gasteiger partial charge is 0.119 e. The van der Waals surface area contributed by atoms with Gasteiger partial charge >= 0.3 is 0 Å². The molecule has 0 bridgehead atoms. The summed E-state index contributed by atoms with van der Waals surface area (Å²) in [7, 11) is 0. The number of benzene rings is 1. The summed E-state index contributed by atoms with van der Waals surface area (Å²) in [4.78, 5) is 0. The molecule has 0 aliphatic carbocycles. The predicted molar refractivity (Wildman–Crippen MR) is 57.0 cm³/mol. The average molecular weight is 208 g/mol. The SMILES string of the molecule is CCOc1cccc(COC[C@@H]2CO2)c1. The standard InChI is InChI=1S/C12H16O3/c1-2-14-11-5-3-4-10(6-11)7-13-8-12-9-15-12/h3-6,12H,2,7-9H2,1H3/t12-/m1/s1. The van der Waals surface area contributed by atoms with E-state index in [4.69, 9.17) is 14.2 Å². The second kappa shape index (κ2) is 5.14. The molecule has 0 saturated carbocycles. The van der Waals surface area contributed by atoms with Crippen LogP contribution in [0.4, 0.5) is 0 Å². The zero-order valence-corrected chi connectivity index (χ0v) is 8.94. The Morgan fingerprint density at radius 3 is 3.07 bits per heavy atom. The normalized spacial score (nSPS) is 18.9. The Labute approximate surface area is 90.0 Å². The molecule has 1 aliphatic rings. The minimum Gasteiger partial charge on any atom is -0.494 e. The van der Waals surface area contributed by atoms with Crippen molar-refractivity contribution in [1.29, 1.82) is 0 Å². The quantitative estimate of drug-likeness (QED) is 0.670. The van der Waals surface area contributed by atoms with Crippen LogP contribution in [0.2, 0.25) is 0 Å². The number of rotatable bonds is 6. The molecule has 0 spiro atoms. The Bertz CT molecular complexity index is 307. The lowest BCUT2D eigenvalue weighted by atomic mass is 10.2. The lowest BCUT2D eigenvalue weighted by molar-refractivity contribution is 0.104. The molecule has 0 aromatic heterocycles. The van der Waals surface area contributed by atoms with E-state index in [0.29, 0.717) is 25.9 Å². The van der Waals surface area contributed by atoms with Crippen molar-refractivity contribution in [3.8, 4) is 5.75 Å². The fraction of sp³-hybridized carbons (Fsp3) is 0.500. The third-order valence-corrected chi connectivity index (χ3v) is 2.18. The third kappa shape index (κ3) is 3.53. The van der Waals surface area contributed by atoms with Crippen LogP contribution < -0.4 is 4.74 Å². The molecule has 1 heterocycles. The van der Waals surface area contributed by atoms with Crippen LogP contribution in [0.25, 0.3) is 0 Å². The minimum atomic E-state index is 0.333. The first-order valence-electron chi connectivity index (χ1n) is 5.29. The van der Waals surface area contributed by atoms with Gasteiger partial charge in [0.2, 0.25) is 0 Å². The van der Waals surface area contributed by atoms with Crippen LogP contribution >= 0.6 is 0 Å². The van der Waals surface area contributed by atoms with E-state index in [0.717, 1.165) is 17.9 Å². The van der Waals surface area contributed by atoms with Crippen molar-refractivity contribution in [2.45, 2.75) is 19.6 Å². The Kier molecular flexibility index (Phi) is 3.59. The van der Waals surface area contributed by atoms with Crippen LogP contribution in [-0.2, 0) is 16.1 Å². The summed E-state index contributed by atoms with van der Waals surface area (Å²) < 4.78 is 16.0. The molecule has 3 heteroatoms. The van der Waals surface area contributed by atoms with Crippen LogP contribution in [0.3, 0.4) is 0 Å². The molecule has 15 heavy (non-hydrogen) atoms. The second-order valence-electron chi connectivity index (χ2n) is 3.55. The lowest BCUT2D eigenvalue weighted by Gasteiger charge is -2.06. The molecule has 1 aliphatic heterocycles. The molecule has 0 radical (unpaired) electrons. The van der Waals surface area contributed by atoms with Crippen molar-refractivity contribution >= 4 is 0 Å². The summed E-state index contributed by atoms with van der Waals surface area (Å²) in [5.74, 6) is 0.904. The largest absolute Gasteiger partial charge is 0.494 e. The van der Waals surface area contributed by atoms with Gasteiger partial charge in [0.1, 0.15) is 11.9 Å². The zero-order valence-electron chi connectivity index (χ0n) is 8.94. The third-order valence-electron chi connectivity index (χ3n) is 2.18. The summed E-state index contributed by atoms with van der Waals surface area (Å²) in [6.45, 7) is 4.84. The molecule has 82 valence electrons. The van der Waals surface area contributed by atoms with Crippen LogP contribution in [0, 0.1) is 0 Å². The van der Waals surface area contributed by atoms with Gasteiger partial charge in [0.25, 0.3) is 0 Å². The number of hydrogen-bond acceptors (Lipinski definition) is 3. The van der Waals surface area contributed by atoms with E-state index in [1.807, 2.05) is 31.2 Å². The van der Waals surface area contributed by atoms with Crippen molar-refractivity contribution in [2.75, 3.05) is 19.8 Å². The highest BCUT2D eigenvalue weighted by atomic mass is 16.6. The van der Waals surface area contributed by atoms with Crippen molar-refractivity contribution in [1.82, 2.24) is 0 Å². The van der Waals surface area contributed by atoms with Crippen LogP contribution in [0.1, 0.15) is 12.5 Å². The summed E-state index contributed by atoms with van der Waals surface area (Å²) in [6.07, 6.45) is 0.333. The molecule has 0 unspecified atom stereocenters. The van der Waals surface area contributed by atoms with Gasteiger partial charge in [-0.2, -0.15) is 0 Å². The maximum atomic E-state index is 5.50. The first kappa shape index (κ1) is 10.5. The molecule has 1 saturated heterocycles. The molecule has 1 aromatic rings. The van der Waals surface area contributed by atoms with Crippen molar-refractivity contribution < 1.29 is 14.2 Å². The Balaban J connectivity index is 1.80. The summed E-state index contributed by atoms with van der Waals surface area (Å²) >= 11 is 0. The van der Waals surface area contributed by atoms with Crippen molar-refractivity contribution in [3.05, 3.63) is 29.8 Å². The van der Waals surface area contributed by atoms with Gasteiger partial charge in [0.05, 0.1) is 26.4 Å². The maximum absolute atomic E-state index is 5.50. The number of epoxide rings is 1. The number of ether oxygens (including phenoxy) is 3. The fourth-order valence-corrected chi connectivity index (χ4v) is 1.36. The van der Waals surface area contributed by atoms with Crippen LogP contribution in [0.15, 0.2) is 24.3 Å². The molecule has 1 atom stereocenters. The van der Waals surface area contributed by atoms with Gasteiger partial charge in [-0.25, -0.2) is 0 Å². The zero-order chi connectivity index (χ0) is 10.5. The Morgan fingerprint density at radius 2 is 2.33 bits per heavy atom. The lowest BCUT2D eigenvalue weighted by Crippen LogP contribution is -2.01. The van der Waals surface area contributed by atoms with E-state index in [1.54, 1.807) is 0 Å². The molecular formula is C12H16O3. The number of hydrogen-bond donors (Lipinski definition) is 0.